The molecule has 12 heteroatoms. The fourth-order valence-electron chi connectivity index (χ4n) is 3.53. The summed E-state index contributed by atoms with van der Waals surface area (Å²) in [5.41, 5.74) is 2.95. The molecule has 0 aliphatic carbocycles. The van der Waals surface area contributed by atoms with Gasteiger partial charge in [-0.3, -0.25) is 13.3 Å². The van der Waals surface area contributed by atoms with Gasteiger partial charge >= 0.3 is 0 Å². The van der Waals surface area contributed by atoms with Gasteiger partial charge in [-0.05, 0) is 42.3 Å². The minimum atomic E-state index is -2.79. The zero-order valence-corrected chi connectivity index (χ0v) is 22.6. The minimum Gasteiger partial charge on any atom is -0.755 e. The van der Waals surface area contributed by atoms with E-state index in [1.807, 2.05) is 30.3 Å². The molecular formula is C24H18Cl3N4O3S2-. The molecule has 0 aliphatic rings. The molecule has 1 heterocycles. The number of hydrogen-bond acceptors (Lipinski definition) is 6. The molecule has 3 aromatic carbocycles. The van der Waals surface area contributed by atoms with Crippen molar-refractivity contribution in [2.75, 3.05) is 4.31 Å². The highest BCUT2D eigenvalue weighted by molar-refractivity contribution is 7.81. The van der Waals surface area contributed by atoms with E-state index < -0.39 is 17.2 Å². The van der Waals surface area contributed by atoms with Crippen molar-refractivity contribution in [1.29, 1.82) is 0 Å². The summed E-state index contributed by atoms with van der Waals surface area (Å²) in [6.45, 7) is 1.81. The molecule has 186 valence electrons. The number of aryl methyl sites for hydroxylation is 1. The van der Waals surface area contributed by atoms with Gasteiger partial charge in [0.25, 0.3) is 5.91 Å². The van der Waals surface area contributed by atoms with E-state index in [1.54, 1.807) is 25.1 Å². The summed E-state index contributed by atoms with van der Waals surface area (Å²) in [6, 6.07) is 17.4. The van der Waals surface area contributed by atoms with E-state index in [2.05, 4.69) is 14.1 Å². The summed E-state index contributed by atoms with van der Waals surface area (Å²) in [6.07, 6.45) is 0.376. The quantitative estimate of drug-likeness (QED) is 0.248. The second kappa shape index (κ2) is 11.7. The SMILES string of the molecule is Cc1ccc(C(=O)NCc2c(Cl)cc(Cl)cc2Cl)c(N(c2nsnc2Cc2ccccc2)S(=O)[O-])c1. The molecule has 0 radical (unpaired) electrons. The molecule has 0 bridgehead atoms. The van der Waals surface area contributed by atoms with Crippen LogP contribution in [0.5, 0.6) is 0 Å². The van der Waals surface area contributed by atoms with Crippen LogP contribution in [0.1, 0.15) is 32.7 Å². The summed E-state index contributed by atoms with van der Waals surface area (Å²) in [7, 11) is 0. The smallest absolute Gasteiger partial charge is 0.253 e. The first-order valence-electron chi connectivity index (χ1n) is 10.5. The van der Waals surface area contributed by atoms with E-state index in [0.717, 1.165) is 27.2 Å². The van der Waals surface area contributed by atoms with E-state index in [4.69, 9.17) is 34.8 Å². The van der Waals surface area contributed by atoms with Crippen LogP contribution in [0.4, 0.5) is 11.5 Å². The molecular weight excluding hydrogens is 563 g/mol. The highest BCUT2D eigenvalue weighted by atomic mass is 35.5. The number of aromatic nitrogens is 2. The van der Waals surface area contributed by atoms with Crippen LogP contribution >= 0.6 is 46.5 Å². The monoisotopic (exact) mass is 579 g/mol. The lowest BCUT2D eigenvalue weighted by molar-refractivity contribution is 0.0951. The van der Waals surface area contributed by atoms with E-state index in [9.17, 15) is 13.6 Å². The summed E-state index contributed by atoms with van der Waals surface area (Å²) in [5, 5.41) is 3.74. The Labute approximate surface area is 229 Å². The van der Waals surface area contributed by atoms with E-state index in [0.29, 0.717) is 32.7 Å². The number of nitrogens with one attached hydrogen (secondary N) is 1. The predicted octanol–water partition coefficient (Wildman–Crippen LogP) is 6.26. The highest BCUT2D eigenvalue weighted by Crippen LogP contribution is 2.34. The van der Waals surface area contributed by atoms with Crippen molar-refractivity contribution in [2.24, 2.45) is 0 Å². The number of hydrogen-bond donors (Lipinski definition) is 1. The maximum absolute atomic E-state index is 13.2. The molecule has 0 fully saturated rings. The lowest BCUT2D eigenvalue weighted by Gasteiger charge is -2.27. The van der Waals surface area contributed by atoms with Crippen molar-refractivity contribution in [2.45, 2.75) is 19.9 Å². The van der Waals surface area contributed by atoms with Gasteiger partial charge in [-0.2, -0.15) is 8.75 Å². The van der Waals surface area contributed by atoms with Crippen LogP contribution in [0, 0.1) is 6.92 Å². The maximum Gasteiger partial charge on any atom is 0.253 e. The second-order valence-corrected chi connectivity index (χ2v) is 10.3. The van der Waals surface area contributed by atoms with Gasteiger partial charge in [0.15, 0.2) is 5.82 Å². The van der Waals surface area contributed by atoms with E-state index >= 15 is 0 Å². The third kappa shape index (κ3) is 6.05. The van der Waals surface area contributed by atoms with Crippen molar-refractivity contribution in [3.05, 3.63) is 104 Å². The van der Waals surface area contributed by atoms with Crippen LogP contribution in [0.15, 0.2) is 60.7 Å². The van der Waals surface area contributed by atoms with Crippen molar-refractivity contribution in [3.8, 4) is 0 Å². The fourth-order valence-corrected chi connectivity index (χ4v) is 5.68. The molecule has 0 saturated heterocycles. The van der Waals surface area contributed by atoms with Gasteiger partial charge in [-0.15, -0.1) is 0 Å². The zero-order valence-electron chi connectivity index (χ0n) is 18.7. The van der Waals surface area contributed by atoms with Gasteiger partial charge in [0.05, 0.1) is 34.2 Å². The Hall–Kier alpha value is -2.53. The Kier molecular flexibility index (Phi) is 8.61. The summed E-state index contributed by atoms with van der Waals surface area (Å²) in [4.78, 5) is 13.2. The Bertz CT molecular complexity index is 1410. The summed E-state index contributed by atoms with van der Waals surface area (Å²) in [5.74, 6) is -0.379. The fraction of sp³-hybridized carbons (Fsp3) is 0.125. The molecule has 4 aromatic rings. The average Bonchev–Trinajstić information content (AvgIpc) is 3.26. The molecule has 1 amide bonds. The Morgan fingerprint density at radius 2 is 1.75 bits per heavy atom. The predicted molar refractivity (Wildman–Crippen MR) is 144 cm³/mol. The van der Waals surface area contributed by atoms with Crippen molar-refractivity contribution >= 4 is 75.2 Å². The maximum atomic E-state index is 13.2. The number of carbonyl (C=O) groups is 1. The first-order valence-corrected chi connectivity index (χ1v) is 13.4. The van der Waals surface area contributed by atoms with Crippen LogP contribution in [-0.2, 0) is 24.2 Å². The number of carbonyl (C=O) groups excluding carboxylic acids is 1. The molecule has 1 unspecified atom stereocenters. The molecule has 0 spiro atoms. The first-order chi connectivity index (χ1) is 17.2. The Balaban J connectivity index is 1.68. The topological polar surface area (TPSA) is 98.2 Å². The molecule has 0 saturated carbocycles. The standard InChI is InChI=1S/C24H19Cl3N4O3S2/c1-14-7-8-17(24(32)28-13-18-19(26)11-16(25)12-20(18)27)22(9-14)31(36(33)34)23-21(29-35-30-23)10-15-5-3-2-4-6-15/h2-9,11-12H,10,13H2,1H3,(H,28,32)(H,33,34)/p-1. The third-order valence-electron chi connectivity index (χ3n) is 5.24. The third-order valence-corrected chi connectivity index (χ3v) is 7.36. The van der Waals surface area contributed by atoms with E-state index in [1.165, 1.54) is 12.1 Å². The molecule has 0 aliphatic heterocycles. The van der Waals surface area contributed by atoms with Gasteiger partial charge < -0.3 is 9.87 Å². The van der Waals surface area contributed by atoms with Crippen LogP contribution in [0.25, 0.3) is 0 Å². The Morgan fingerprint density at radius 3 is 2.42 bits per heavy atom. The van der Waals surface area contributed by atoms with Crippen molar-refractivity contribution in [1.82, 2.24) is 14.1 Å². The average molecular weight is 581 g/mol. The lowest BCUT2D eigenvalue weighted by Crippen LogP contribution is -2.28. The highest BCUT2D eigenvalue weighted by Gasteiger charge is 2.24. The van der Waals surface area contributed by atoms with Crippen molar-refractivity contribution in [3.63, 3.8) is 0 Å². The van der Waals surface area contributed by atoms with Gasteiger partial charge in [-0.1, -0.05) is 71.2 Å². The van der Waals surface area contributed by atoms with Gasteiger partial charge in [0, 0.05) is 33.6 Å². The summed E-state index contributed by atoms with van der Waals surface area (Å²) < 4.78 is 34.5. The van der Waals surface area contributed by atoms with Crippen LogP contribution in [0.2, 0.25) is 15.1 Å². The van der Waals surface area contributed by atoms with Crippen molar-refractivity contribution < 1.29 is 13.6 Å². The molecule has 7 nitrogen and oxygen atoms in total. The van der Waals surface area contributed by atoms with E-state index in [-0.39, 0.29) is 23.6 Å². The van der Waals surface area contributed by atoms with Gasteiger partial charge in [-0.25, -0.2) is 0 Å². The number of anilines is 2. The lowest BCUT2D eigenvalue weighted by atomic mass is 10.1. The summed E-state index contributed by atoms with van der Waals surface area (Å²) >= 11 is 16.5. The Morgan fingerprint density at radius 1 is 1.06 bits per heavy atom. The van der Waals surface area contributed by atoms with Crippen LogP contribution < -0.4 is 9.62 Å². The first kappa shape index (κ1) is 26.5. The molecule has 1 N–H and O–H groups in total. The molecule has 1 aromatic heterocycles. The second-order valence-electron chi connectivity index (χ2n) is 7.76. The number of benzene rings is 3. The van der Waals surface area contributed by atoms with Crippen LogP contribution in [-0.4, -0.2) is 23.4 Å². The number of rotatable bonds is 8. The zero-order chi connectivity index (χ0) is 25.8. The minimum absolute atomic E-state index is 0.0129. The van der Waals surface area contributed by atoms with Crippen LogP contribution in [0.3, 0.4) is 0 Å². The number of nitrogens with zero attached hydrogens (tertiary/aromatic N) is 3. The number of halogens is 3. The normalized spacial score (nSPS) is 11.8. The molecule has 4 rings (SSSR count). The largest absolute Gasteiger partial charge is 0.755 e. The number of amides is 1. The molecule has 1 atom stereocenters. The van der Waals surface area contributed by atoms with Gasteiger partial charge in [0.2, 0.25) is 0 Å². The van der Waals surface area contributed by atoms with Gasteiger partial charge in [0.1, 0.15) is 5.69 Å². The molecule has 36 heavy (non-hydrogen) atoms.